The number of fused-ring (bicyclic) bond motifs is 1. The Morgan fingerprint density at radius 3 is 2.50 bits per heavy atom. The quantitative estimate of drug-likeness (QED) is 0.572. The van der Waals surface area contributed by atoms with Gasteiger partial charge in [-0.15, -0.1) is 11.3 Å². The molecule has 32 heavy (non-hydrogen) atoms. The monoisotopic (exact) mass is 479 g/mol. The molecule has 0 saturated carbocycles. The van der Waals surface area contributed by atoms with Crippen LogP contribution in [0, 0.1) is 0 Å². The van der Waals surface area contributed by atoms with Crippen molar-refractivity contribution in [2.75, 3.05) is 39.0 Å². The Morgan fingerprint density at radius 2 is 1.81 bits per heavy atom. The minimum Gasteiger partial charge on any atom is -0.478 e. The maximum atomic E-state index is 13.2. The largest absolute Gasteiger partial charge is 0.478 e. The Labute approximate surface area is 192 Å². The van der Waals surface area contributed by atoms with E-state index in [1.54, 1.807) is 18.5 Å². The number of hydrogen-bond acceptors (Lipinski definition) is 6. The van der Waals surface area contributed by atoms with Crippen LogP contribution in [0.5, 0.6) is 0 Å². The van der Waals surface area contributed by atoms with Crippen LogP contribution in [0.4, 0.5) is 5.69 Å². The van der Waals surface area contributed by atoms with Gasteiger partial charge in [-0.05, 0) is 81.4 Å². The number of aromatic carboxylic acids is 1. The first-order valence-corrected chi connectivity index (χ1v) is 12.9. The van der Waals surface area contributed by atoms with Gasteiger partial charge in [0.25, 0.3) is 15.9 Å². The Balaban J connectivity index is 1.87. The third-order valence-electron chi connectivity index (χ3n) is 5.55. The Bertz CT molecular complexity index is 1110. The van der Waals surface area contributed by atoms with Gasteiger partial charge in [-0.25, -0.2) is 13.2 Å². The maximum absolute atomic E-state index is 13.2. The molecule has 1 amide bonds. The zero-order chi connectivity index (χ0) is 23.5. The molecule has 2 aromatic rings. The van der Waals surface area contributed by atoms with E-state index < -0.39 is 16.0 Å². The molecular weight excluding hydrogens is 450 g/mol. The van der Waals surface area contributed by atoms with Gasteiger partial charge in [0, 0.05) is 13.6 Å². The van der Waals surface area contributed by atoms with Crippen LogP contribution in [0.3, 0.4) is 0 Å². The van der Waals surface area contributed by atoms with E-state index in [4.69, 9.17) is 0 Å². The highest BCUT2D eigenvalue weighted by molar-refractivity contribution is 7.93. The number of aryl methyl sites for hydroxylation is 1. The summed E-state index contributed by atoms with van der Waals surface area (Å²) in [6.07, 6.45) is 4.00. The number of carbonyl (C=O) groups excluding carboxylic acids is 1. The van der Waals surface area contributed by atoms with Crippen molar-refractivity contribution in [3.8, 4) is 0 Å². The number of carboxylic acid groups (broad SMARTS) is 1. The van der Waals surface area contributed by atoms with E-state index >= 15 is 0 Å². The molecule has 0 aliphatic heterocycles. The molecule has 8 nitrogen and oxygen atoms in total. The van der Waals surface area contributed by atoms with Gasteiger partial charge in [0.1, 0.15) is 9.77 Å². The minimum atomic E-state index is -4.15. The van der Waals surface area contributed by atoms with Crippen LogP contribution < -0.4 is 4.72 Å². The second kappa shape index (κ2) is 10.0. The Hall–Kier alpha value is -2.43. The second-order valence-electron chi connectivity index (χ2n) is 8.24. The Kier molecular flexibility index (Phi) is 7.58. The van der Waals surface area contributed by atoms with Crippen molar-refractivity contribution in [1.82, 2.24) is 9.80 Å². The highest BCUT2D eigenvalue weighted by atomic mass is 32.2. The molecule has 1 aliphatic carbocycles. The van der Waals surface area contributed by atoms with E-state index in [-0.39, 0.29) is 26.9 Å². The topological polar surface area (TPSA) is 107 Å². The van der Waals surface area contributed by atoms with Crippen LogP contribution in [-0.4, -0.2) is 69.4 Å². The number of rotatable bonds is 9. The van der Waals surface area contributed by atoms with Crippen molar-refractivity contribution in [3.63, 3.8) is 0 Å². The molecule has 0 unspecified atom stereocenters. The molecule has 174 valence electrons. The molecule has 1 heterocycles. The lowest BCUT2D eigenvalue weighted by atomic mass is 9.87. The third kappa shape index (κ3) is 5.31. The smallest absolute Gasteiger partial charge is 0.338 e. The van der Waals surface area contributed by atoms with Crippen molar-refractivity contribution in [3.05, 3.63) is 45.1 Å². The predicted molar refractivity (Wildman–Crippen MR) is 125 cm³/mol. The molecule has 1 aliphatic rings. The van der Waals surface area contributed by atoms with E-state index in [0.29, 0.717) is 18.5 Å². The summed E-state index contributed by atoms with van der Waals surface area (Å²) in [5.41, 5.74) is 1.66. The number of carbonyl (C=O) groups is 2. The van der Waals surface area contributed by atoms with Gasteiger partial charge in [0.05, 0.1) is 11.3 Å². The van der Waals surface area contributed by atoms with E-state index in [1.165, 1.54) is 17.0 Å². The van der Waals surface area contributed by atoms with Crippen LogP contribution >= 0.6 is 11.3 Å². The van der Waals surface area contributed by atoms with E-state index in [0.717, 1.165) is 49.1 Å². The number of carboxylic acids is 1. The lowest BCUT2D eigenvalue weighted by molar-refractivity contribution is 0.0695. The first-order valence-electron chi connectivity index (χ1n) is 10.5. The van der Waals surface area contributed by atoms with Crippen molar-refractivity contribution in [2.45, 2.75) is 37.0 Å². The number of thiophene rings is 1. The summed E-state index contributed by atoms with van der Waals surface area (Å²) in [4.78, 5) is 28.4. The molecule has 2 N–H and O–H groups in total. The molecular formula is C22H29N3O5S2. The number of nitrogens with one attached hydrogen (secondary N) is 1. The zero-order valence-corrected chi connectivity index (χ0v) is 20.2. The average molecular weight is 480 g/mol. The van der Waals surface area contributed by atoms with Crippen molar-refractivity contribution in [1.29, 1.82) is 0 Å². The number of nitrogens with zero attached hydrogens (tertiary/aromatic N) is 2. The lowest BCUT2D eigenvalue weighted by Gasteiger charge is -2.21. The number of benzene rings is 1. The summed E-state index contributed by atoms with van der Waals surface area (Å²) < 4.78 is 28.8. The van der Waals surface area contributed by atoms with Gasteiger partial charge in [-0.3, -0.25) is 9.52 Å². The summed E-state index contributed by atoms with van der Waals surface area (Å²) in [5, 5.41) is 11.3. The fourth-order valence-corrected chi connectivity index (χ4v) is 6.41. The fraction of sp³-hybridized carbons (Fsp3) is 0.455. The molecule has 10 heteroatoms. The van der Waals surface area contributed by atoms with Gasteiger partial charge in [0.2, 0.25) is 0 Å². The standard InChI is InChI=1S/C22H29N3O5S2/c1-24(2)12-6-13-25(3)21(26)20-18(11-14-31-20)32(29,30)23-17-10-9-15-7-4-5-8-16(15)19(17)22(27)28/h9-11,14,23H,4-8,12-13H2,1-3H3,(H,27,28). The van der Waals surface area contributed by atoms with Gasteiger partial charge < -0.3 is 14.9 Å². The SMILES string of the molecule is CN(C)CCCN(C)C(=O)c1sccc1S(=O)(=O)Nc1ccc2c(c1C(=O)O)CCCC2. The number of amides is 1. The molecule has 3 rings (SSSR count). The summed E-state index contributed by atoms with van der Waals surface area (Å²) in [7, 11) is 1.39. The van der Waals surface area contributed by atoms with E-state index in [1.807, 2.05) is 19.0 Å². The van der Waals surface area contributed by atoms with Crippen LogP contribution in [-0.2, 0) is 22.9 Å². The van der Waals surface area contributed by atoms with Gasteiger partial charge >= 0.3 is 5.97 Å². The van der Waals surface area contributed by atoms with Crippen LogP contribution in [0.1, 0.15) is 50.4 Å². The number of hydrogen-bond donors (Lipinski definition) is 2. The molecule has 0 spiro atoms. The van der Waals surface area contributed by atoms with Gasteiger partial charge in [0.15, 0.2) is 0 Å². The number of sulfonamides is 1. The van der Waals surface area contributed by atoms with E-state index in [2.05, 4.69) is 4.72 Å². The van der Waals surface area contributed by atoms with Gasteiger partial charge in [-0.2, -0.15) is 0 Å². The maximum Gasteiger partial charge on any atom is 0.338 e. The van der Waals surface area contributed by atoms with Crippen LogP contribution in [0.25, 0.3) is 0 Å². The average Bonchev–Trinajstić information content (AvgIpc) is 3.23. The molecule has 0 fully saturated rings. The first kappa shape index (κ1) is 24.2. The van der Waals surface area contributed by atoms with Crippen molar-refractivity contribution >= 4 is 38.9 Å². The molecule has 0 bridgehead atoms. The van der Waals surface area contributed by atoms with Crippen molar-refractivity contribution in [2.24, 2.45) is 0 Å². The predicted octanol–water partition coefficient (Wildman–Crippen LogP) is 3.15. The summed E-state index contributed by atoms with van der Waals surface area (Å²) >= 11 is 1.06. The fourth-order valence-electron chi connectivity index (χ4n) is 3.92. The van der Waals surface area contributed by atoms with Crippen LogP contribution in [0.2, 0.25) is 0 Å². The molecule has 1 aromatic carbocycles. The normalized spacial score (nSPS) is 13.6. The molecule has 0 radical (unpaired) electrons. The Morgan fingerprint density at radius 1 is 1.09 bits per heavy atom. The van der Waals surface area contributed by atoms with Crippen LogP contribution in [0.15, 0.2) is 28.5 Å². The number of anilines is 1. The van der Waals surface area contributed by atoms with Gasteiger partial charge in [-0.1, -0.05) is 6.07 Å². The molecule has 0 atom stereocenters. The second-order valence-corrected chi connectivity index (χ2v) is 10.8. The highest BCUT2D eigenvalue weighted by Crippen LogP contribution is 2.32. The molecule has 1 aromatic heterocycles. The summed E-state index contributed by atoms with van der Waals surface area (Å²) in [6, 6.07) is 4.68. The molecule has 0 saturated heterocycles. The van der Waals surface area contributed by atoms with Crippen molar-refractivity contribution < 1.29 is 23.1 Å². The minimum absolute atomic E-state index is 0.00492. The lowest BCUT2D eigenvalue weighted by Crippen LogP contribution is -2.30. The highest BCUT2D eigenvalue weighted by Gasteiger charge is 2.29. The summed E-state index contributed by atoms with van der Waals surface area (Å²) in [5.74, 6) is -1.54. The zero-order valence-electron chi connectivity index (χ0n) is 18.6. The first-order chi connectivity index (χ1) is 15.1. The summed E-state index contributed by atoms with van der Waals surface area (Å²) in [6.45, 7) is 1.31. The third-order valence-corrected chi connectivity index (χ3v) is 7.99. The van der Waals surface area contributed by atoms with E-state index in [9.17, 15) is 23.1 Å².